The highest BCUT2D eigenvalue weighted by atomic mass is 16.6. The highest BCUT2D eigenvalue weighted by Gasteiger charge is 2.17. The van der Waals surface area contributed by atoms with Gasteiger partial charge in [0.05, 0.1) is 17.8 Å². The van der Waals surface area contributed by atoms with E-state index in [9.17, 15) is 9.59 Å². The number of nitrogens with zero attached hydrogens (tertiary/aromatic N) is 1. The van der Waals surface area contributed by atoms with Crippen molar-refractivity contribution >= 4 is 22.8 Å². The van der Waals surface area contributed by atoms with Gasteiger partial charge in [-0.25, -0.2) is 4.79 Å². The lowest BCUT2D eigenvalue weighted by molar-refractivity contribution is 0.0522. The standard InChI is InChI=1S/C17H20N2O3/c1-11(20)13-9-12-7-5-6-8-14(12)19-15(13)10-18-16(21)22-17(2,3)4/h5-9H,10H2,1-4H3,(H,18,21). The van der Waals surface area contributed by atoms with Crippen molar-refractivity contribution in [1.82, 2.24) is 10.3 Å². The zero-order valence-electron chi connectivity index (χ0n) is 13.3. The third-order valence-electron chi connectivity index (χ3n) is 2.98. The summed E-state index contributed by atoms with van der Waals surface area (Å²) in [7, 11) is 0. The summed E-state index contributed by atoms with van der Waals surface area (Å²) in [5.74, 6) is -0.0840. The number of fused-ring (bicyclic) bond motifs is 1. The summed E-state index contributed by atoms with van der Waals surface area (Å²) in [4.78, 5) is 28.0. The lowest BCUT2D eigenvalue weighted by Crippen LogP contribution is -2.32. The van der Waals surface area contributed by atoms with Crippen LogP contribution in [-0.2, 0) is 11.3 Å². The zero-order chi connectivity index (χ0) is 16.3. The third-order valence-corrected chi connectivity index (χ3v) is 2.98. The van der Waals surface area contributed by atoms with Crippen LogP contribution in [0.1, 0.15) is 43.7 Å². The van der Waals surface area contributed by atoms with Gasteiger partial charge in [-0.3, -0.25) is 9.78 Å². The fraction of sp³-hybridized carbons (Fsp3) is 0.353. The van der Waals surface area contributed by atoms with Crippen LogP contribution in [0.4, 0.5) is 4.79 Å². The van der Waals surface area contributed by atoms with Gasteiger partial charge in [0, 0.05) is 10.9 Å². The smallest absolute Gasteiger partial charge is 0.407 e. The minimum Gasteiger partial charge on any atom is -0.444 e. The van der Waals surface area contributed by atoms with E-state index in [2.05, 4.69) is 10.3 Å². The molecule has 0 aliphatic heterocycles. The molecule has 0 radical (unpaired) electrons. The van der Waals surface area contributed by atoms with E-state index in [1.54, 1.807) is 26.8 Å². The summed E-state index contributed by atoms with van der Waals surface area (Å²) in [6, 6.07) is 9.35. The van der Waals surface area contributed by atoms with Crippen molar-refractivity contribution in [3.05, 3.63) is 41.6 Å². The summed E-state index contributed by atoms with van der Waals surface area (Å²) in [6.07, 6.45) is -0.531. The van der Waals surface area contributed by atoms with E-state index in [1.165, 1.54) is 6.92 Å². The summed E-state index contributed by atoms with van der Waals surface area (Å²) >= 11 is 0. The molecule has 5 heteroatoms. The van der Waals surface area contributed by atoms with Crippen LogP contribution >= 0.6 is 0 Å². The molecule has 0 bridgehead atoms. The molecule has 5 nitrogen and oxygen atoms in total. The Labute approximate surface area is 129 Å². The van der Waals surface area contributed by atoms with Gasteiger partial charge in [-0.1, -0.05) is 18.2 Å². The van der Waals surface area contributed by atoms with Crippen LogP contribution in [0.3, 0.4) is 0 Å². The molecule has 0 saturated heterocycles. The van der Waals surface area contributed by atoms with Crippen LogP contribution in [0.2, 0.25) is 0 Å². The Hall–Kier alpha value is -2.43. The molecule has 2 aromatic rings. The van der Waals surface area contributed by atoms with Gasteiger partial charge in [0.15, 0.2) is 5.78 Å². The Bertz CT molecular complexity index is 717. The SMILES string of the molecule is CC(=O)c1cc2ccccc2nc1CNC(=O)OC(C)(C)C. The molecule has 2 rings (SSSR count). The predicted molar refractivity (Wildman–Crippen MR) is 84.8 cm³/mol. The second-order valence-corrected chi connectivity index (χ2v) is 6.09. The van der Waals surface area contributed by atoms with Gasteiger partial charge in [-0.15, -0.1) is 0 Å². The lowest BCUT2D eigenvalue weighted by Gasteiger charge is -2.19. The number of alkyl carbamates (subject to hydrolysis) is 1. The van der Waals surface area contributed by atoms with Gasteiger partial charge in [-0.05, 0) is 39.8 Å². The van der Waals surface area contributed by atoms with Crippen molar-refractivity contribution in [2.45, 2.75) is 39.8 Å². The zero-order valence-corrected chi connectivity index (χ0v) is 13.3. The fourth-order valence-corrected chi connectivity index (χ4v) is 2.07. The highest BCUT2D eigenvalue weighted by molar-refractivity contribution is 5.98. The number of pyridine rings is 1. The van der Waals surface area contributed by atoms with Crippen LogP contribution in [0, 0.1) is 0 Å². The Morgan fingerprint density at radius 3 is 2.55 bits per heavy atom. The number of amides is 1. The molecule has 0 saturated carbocycles. The first-order chi connectivity index (χ1) is 10.3. The number of para-hydroxylation sites is 1. The maximum atomic E-state index is 11.8. The van der Waals surface area contributed by atoms with Crippen molar-refractivity contribution in [1.29, 1.82) is 0 Å². The number of carbonyl (C=O) groups is 2. The van der Waals surface area contributed by atoms with Crippen molar-refractivity contribution in [3.63, 3.8) is 0 Å². The molecule has 0 fully saturated rings. The normalized spacial score (nSPS) is 11.3. The Morgan fingerprint density at radius 1 is 1.23 bits per heavy atom. The second-order valence-electron chi connectivity index (χ2n) is 6.09. The van der Waals surface area contributed by atoms with Gasteiger partial charge < -0.3 is 10.1 Å². The molecule has 116 valence electrons. The molecular formula is C17H20N2O3. The number of hydrogen-bond acceptors (Lipinski definition) is 4. The van der Waals surface area contributed by atoms with E-state index >= 15 is 0 Å². The molecule has 1 aromatic heterocycles. The van der Waals surface area contributed by atoms with Gasteiger partial charge >= 0.3 is 6.09 Å². The first kappa shape index (κ1) is 15.9. The molecule has 1 N–H and O–H groups in total. The molecule has 0 spiro atoms. The van der Waals surface area contributed by atoms with Gasteiger partial charge in [0.25, 0.3) is 0 Å². The van der Waals surface area contributed by atoms with Gasteiger partial charge in [0.1, 0.15) is 5.60 Å². The average molecular weight is 300 g/mol. The molecule has 0 atom stereocenters. The highest BCUT2D eigenvalue weighted by Crippen LogP contribution is 2.17. The van der Waals surface area contributed by atoms with Crippen LogP contribution in [0.5, 0.6) is 0 Å². The number of ketones is 1. The first-order valence-electron chi connectivity index (χ1n) is 7.13. The van der Waals surface area contributed by atoms with Crippen LogP contribution in [0.25, 0.3) is 10.9 Å². The quantitative estimate of drug-likeness (QED) is 0.881. The summed E-state index contributed by atoms with van der Waals surface area (Å²) in [5, 5.41) is 3.54. The number of benzene rings is 1. The molecule has 1 amide bonds. The Morgan fingerprint density at radius 2 is 1.91 bits per heavy atom. The van der Waals surface area contributed by atoms with Crippen molar-refractivity contribution in [2.75, 3.05) is 0 Å². The Balaban J connectivity index is 2.24. The third kappa shape index (κ3) is 4.04. The summed E-state index contributed by atoms with van der Waals surface area (Å²) in [6.45, 7) is 7.02. The number of rotatable bonds is 3. The molecule has 1 aromatic carbocycles. The van der Waals surface area contributed by atoms with E-state index in [0.717, 1.165) is 10.9 Å². The summed E-state index contributed by atoms with van der Waals surface area (Å²) < 4.78 is 5.18. The van der Waals surface area contributed by atoms with Crippen molar-refractivity contribution in [3.8, 4) is 0 Å². The molecule has 0 unspecified atom stereocenters. The second kappa shape index (κ2) is 6.13. The summed E-state index contributed by atoms with van der Waals surface area (Å²) in [5.41, 5.74) is 1.27. The van der Waals surface area contributed by atoms with E-state index in [4.69, 9.17) is 4.74 Å². The maximum Gasteiger partial charge on any atom is 0.407 e. The molecular weight excluding hydrogens is 280 g/mol. The van der Waals surface area contributed by atoms with Crippen LogP contribution in [0.15, 0.2) is 30.3 Å². The van der Waals surface area contributed by atoms with Crippen LogP contribution < -0.4 is 5.32 Å². The van der Waals surface area contributed by atoms with E-state index in [-0.39, 0.29) is 12.3 Å². The average Bonchev–Trinajstić information content (AvgIpc) is 2.42. The van der Waals surface area contributed by atoms with Crippen LogP contribution in [-0.4, -0.2) is 22.5 Å². The molecule has 1 heterocycles. The topological polar surface area (TPSA) is 68.3 Å². The monoisotopic (exact) mass is 300 g/mol. The van der Waals surface area contributed by atoms with E-state index in [0.29, 0.717) is 11.3 Å². The first-order valence-corrected chi connectivity index (χ1v) is 7.13. The minimum absolute atomic E-state index is 0.0840. The number of aromatic nitrogens is 1. The van der Waals surface area contributed by atoms with Gasteiger partial charge in [0.2, 0.25) is 0 Å². The molecule has 0 aliphatic carbocycles. The number of ether oxygens (including phenoxy) is 1. The predicted octanol–water partition coefficient (Wildman–Crippen LogP) is 3.46. The maximum absolute atomic E-state index is 11.8. The van der Waals surface area contributed by atoms with Gasteiger partial charge in [-0.2, -0.15) is 0 Å². The number of carbonyl (C=O) groups excluding carboxylic acids is 2. The minimum atomic E-state index is -0.565. The molecule has 22 heavy (non-hydrogen) atoms. The molecule has 0 aliphatic rings. The van der Waals surface area contributed by atoms with E-state index in [1.807, 2.05) is 24.3 Å². The Kier molecular flexibility index (Phi) is 4.45. The number of hydrogen-bond donors (Lipinski definition) is 1. The fourth-order valence-electron chi connectivity index (χ4n) is 2.07. The largest absolute Gasteiger partial charge is 0.444 e. The number of nitrogens with one attached hydrogen (secondary N) is 1. The lowest BCUT2D eigenvalue weighted by atomic mass is 10.1. The number of Topliss-reactive ketones (excluding diaryl/α,β-unsaturated/α-hetero) is 1. The van der Waals surface area contributed by atoms with Crippen molar-refractivity contribution < 1.29 is 14.3 Å². The van der Waals surface area contributed by atoms with Crippen molar-refractivity contribution in [2.24, 2.45) is 0 Å². The van der Waals surface area contributed by atoms with E-state index < -0.39 is 11.7 Å².